The van der Waals surface area contributed by atoms with Crippen LogP contribution >= 0.6 is 0 Å². The van der Waals surface area contributed by atoms with Crippen LogP contribution in [0.4, 0.5) is 0 Å². The number of phenolic OH excluding ortho intramolecular Hbond substituents is 6. The summed E-state index contributed by atoms with van der Waals surface area (Å²) in [6.45, 7) is 12.2. The number of aryl methyl sites for hydroxylation is 6. The highest BCUT2D eigenvalue weighted by molar-refractivity contribution is 5.59. The van der Waals surface area contributed by atoms with Gasteiger partial charge >= 0.3 is 0 Å². The van der Waals surface area contributed by atoms with Gasteiger partial charge in [-0.1, -0.05) is 100 Å². The maximum atomic E-state index is 12.2. The third-order valence-corrected chi connectivity index (χ3v) is 15.8. The maximum Gasteiger partial charge on any atom is 0.122 e. The Morgan fingerprint density at radius 2 is 0.734 bits per heavy atom. The third-order valence-electron chi connectivity index (χ3n) is 15.8. The van der Waals surface area contributed by atoms with Crippen LogP contribution in [-0.4, -0.2) is 30.6 Å². The van der Waals surface area contributed by atoms with E-state index in [-0.39, 0.29) is 57.2 Å². The van der Waals surface area contributed by atoms with Gasteiger partial charge in [-0.2, -0.15) is 0 Å². The first-order valence-electron chi connectivity index (χ1n) is 23.6. The topological polar surface area (TPSA) is 121 Å². The Morgan fingerprint density at radius 3 is 1.02 bits per heavy atom. The summed E-state index contributed by atoms with van der Waals surface area (Å²) in [6.07, 6.45) is 9.21. The van der Waals surface area contributed by atoms with Crippen LogP contribution in [0.5, 0.6) is 34.5 Å². The molecular formula is C58H64O6. The van der Waals surface area contributed by atoms with Gasteiger partial charge in [-0.15, -0.1) is 0 Å². The molecule has 0 spiro atoms. The summed E-state index contributed by atoms with van der Waals surface area (Å²) in [4.78, 5) is 0. The van der Waals surface area contributed by atoms with Gasteiger partial charge in [0.25, 0.3) is 0 Å². The Bertz CT molecular complexity index is 2460. The van der Waals surface area contributed by atoms with Gasteiger partial charge < -0.3 is 30.6 Å². The van der Waals surface area contributed by atoms with E-state index in [9.17, 15) is 30.6 Å². The molecule has 6 aromatic rings. The molecule has 64 heavy (non-hydrogen) atoms. The number of benzene rings is 6. The first kappa shape index (κ1) is 43.4. The zero-order chi connectivity index (χ0) is 45.2. The first-order valence-corrected chi connectivity index (χ1v) is 23.6. The number of hydrogen-bond donors (Lipinski definition) is 6. The highest BCUT2D eigenvalue weighted by Crippen LogP contribution is 2.67. The standard InChI is InChI=1S/C58H64O6/c1-7-37-22-41(11-15-49(37)59)53(42-12-16-50(60)38(8-2)23-42)47-26-45(19-33(5)55(47)63)57-28-35-21-36(29-57)31-58(30-35,32-57)46-20-34(6)56(64)48(27-46)54(43-13-17-51(61)39(9-3)24-43)44-14-18-52(62)40(10-4)25-44/h11-20,22-27,35-36,53-54,59-64H,7-10,21,28-32H2,1-6H3. The van der Waals surface area contributed by atoms with Crippen LogP contribution in [0.3, 0.4) is 0 Å². The normalized spacial score (nSPS) is 21.3. The molecule has 4 aliphatic carbocycles. The molecule has 4 saturated carbocycles. The van der Waals surface area contributed by atoms with Gasteiger partial charge in [0.1, 0.15) is 34.5 Å². The minimum absolute atomic E-state index is 0.125. The van der Waals surface area contributed by atoms with E-state index in [2.05, 4.69) is 48.5 Å². The van der Waals surface area contributed by atoms with E-state index in [1.807, 2.05) is 65.8 Å². The van der Waals surface area contributed by atoms with Crippen molar-refractivity contribution in [2.75, 3.05) is 0 Å². The van der Waals surface area contributed by atoms with Crippen molar-refractivity contribution in [2.24, 2.45) is 11.8 Å². The average Bonchev–Trinajstić information content (AvgIpc) is 3.28. The summed E-state index contributed by atoms with van der Waals surface area (Å²) >= 11 is 0. The van der Waals surface area contributed by atoms with E-state index >= 15 is 0 Å². The summed E-state index contributed by atoms with van der Waals surface area (Å²) in [5.74, 6) is 2.00. The minimum Gasteiger partial charge on any atom is -0.508 e. The van der Waals surface area contributed by atoms with Gasteiger partial charge in [-0.3, -0.25) is 0 Å². The van der Waals surface area contributed by atoms with E-state index < -0.39 is 0 Å². The average molecular weight is 857 g/mol. The molecule has 0 aromatic heterocycles. The summed E-state index contributed by atoms with van der Waals surface area (Å²) in [6, 6.07) is 32.3. The van der Waals surface area contributed by atoms with Crippen molar-refractivity contribution >= 4 is 0 Å². The Morgan fingerprint density at radius 1 is 0.438 bits per heavy atom. The van der Waals surface area contributed by atoms with E-state index in [1.165, 1.54) is 17.5 Å². The minimum atomic E-state index is -0.334. The van der Waals surface area contributed by atoms with Crippen LogP contribution in [0, 0.1) is 25.7 Å². The zero-order valence-electron chi connectivity index (χ0n) is 38.3. The molecule has 0 aliphatic heterocycles. The van der Waals surface area contributed by atoms with Crippen LogP contribution in [0.25, 0.3) is 0 Å². The van der Waals surface area contributed by atoms with Crippen LogP contribution in [-0.2, 0) is 36.5 Å². The predicted octanol–water partition coefficient (Wildman–Crippen LogP) is 12.9. The monoisotopic (exact) mass is 856 g/mol. The lowest BCUT2D eigenvalue weighted by Gasteiger charge is -2.63. The summed E-state index contributed by atoms with van der Waals surface area (Å²) in [5.41, 5.74) is 13.0. The second-order valence-corrected chi connectivity index (χ2v) is 19.8. The second kappa shape index (κ2) is 16.6. The fourth-order valence-electron chi connectivity index (χ4n) is 13.0. The van der Waals surface area contributed by atoms with E-state index in [0.717, 1.165) is 98.9 Å². The van der Waals surface area contributed by atoms with E-state index in [1.54, 1.807) is 24.3 Å². The molecule has 6 heteroatoms. The van der Waals surface area contributed by atoms with E-state index in [0.29, 0.717) is 37.5 Å². The van der Waals surface area contributed by atoms with Gasteiger partial charge in [0, 0.05) is 23.0 Å². The van der Waals surface area contributed by atoms with Crippen molar-refractivity contribution in [3.8, 4) is 34.5 Å². The lowest BCUT2D eigenvalue weighted by Crippen LogP contribution is -2.56. The Balaban J connectivity index is 1.19. The quantitative estimate of drug-likeness (QED) is 0.0682. The SMILES string of the molecule is CCc1cc(C(c2ccc(O)c(CC)c2)c2cc(C34CC5CC(C3)CC(c3cc(C)c(O)c(C(c6ccc(O)c(CC)c6)c6ccc(O)c(CC)c6)c3)(C5)C4)cc(C)c2O)ccc1O. The van der Waals surface area contributed by atoms with Crippen molar-refractivity contribution < 1.29 is 30.6 Å². The lowest BCUT2D eigenvalue weighted by molar-refractivity contribution is -0.0282. The number of phenols is 6. The van der Waals surface area contributed by atoms with E-state index in [4.69, 9.17) is 0 Å². The van der Waals surface area contributed by atoms with Gasteiger partial charge in [-0.25, -0.2) is 0 Å². The Labute approximate surface area is 378 Å². The van der Waals surface area contributed by atoms with Gasteiger partial charge in [0.15, 0.2) is 0 Å². The molecule has 10 rings (SSSR count). The van der Waals surface area contributed by atoms with Gasteiger partial charge in [0.2, 0.25) is 0 Å². The smallest absolute Gasteiger partial charge is 0.122 e. The van der Waals surface area contributed by atoms with Gasteiger partial charge in [0.05, 0.1) is 0 Å². The fraction of sp³-hybridized carbons (Fsp3) is 0.379. The molecule has 0 radical (unpaired) electrons. The Kier molecular flexibility index (Phi) is 11.2. The predicted molar refractivity (Wildman–Crippen MR) is 256 cm³/mol. The number of hydrogen-bond acceptors (Lipinski definition) is 6. The van der Waals surface area contributed by atoms with Crippen molar-refractivity contribution in [3.05, 3.63) is 175 Å². The molecule has 0 atom stereocenters. The van der Waals surface area contributed by atoms with Crippen molar-refractivity contribution in [2.45, 2.75) is 128 Å². The third kappa shape index (κ3) is 7.37. The molecular weight excluding hydrogens is 793 g/mol. The molecule has 0 saturated heterocycles. The van der Waals surface area contributed by atoms with Crippen LogP contribution in [0.1, 0.15) is 156 Å². The highest BCUT2D eigenvalue weighted by Gasteiger charge is 2.59. The Hall–Kier alpha value is -5.88. The number of aromatic hydroxyl groups is 6. The molecule has 0 heterocycles. The molecule has 0 unspecified atom stereocenters. The van der Waals surface area contributed by atoms with Crippen LogP contribution in [0.15, 0.2) is 97.1 Å². The molecule has 4 fully saturated rings. The molecule has 6 aromatic carbocycles. The van der Waals surface area contributed by atoms with Crippen molar-refractivity contribution in [1.82, 2.24) is 0 Å². The highest BCUT2D eigenvalue weighted by atomic mass is 16.3. The lowest BCUT2D eigenvalue weighted by atomic mass is 9.41. The molecule has 4 aliphatic rings. The van der Waals surface area contributed by atoms with Crippen molar-refractivity contribution in [3.63, 3.8) is 0 Å². The summed E-state index contributed by atoms with van der Waals surface area (Å²) in [7, 11) is 0. The molecule has 6 nitrogen and oxygen atoms in total. The van der Waals surface area contributed by atoms with Crippen LogP contribution < -0.4 is 0 Å². The second-order valence-electron chi connectivity index (χ2n) is 19.8. The maximum absolute atomic E-state index is 12.2. The van der Waals surface area contributed by atoms with Crippen LogP contribution in [0.2, 0.25) is 0 Å². The molecule has 4 bridgehead atoms. The molecule has 0 amide bonds. The summed E-state index contributed by atoms with van der Waals surface area (Å²) in [5, 5.41) is 67.4. The van der Waals surface area contributed by atoms with Crippen molar-refractivity contribution in [1.29, 1.82) is 0 Å². The fourth-order valence-corrected chi connectivity index (χ4v) is 13.0. The summed E-state index contributed by atoms with van der Waals surface area (Å²) < 4.78 is 0. The molecule has 332 valence electrons. The zero-order valence-corrected chi connectivity index (χ0v) is 38.3. The first-order chi connectivity index (χ1) is 30.7. The largest absolute Gasteiger partial charge is 0.508 e. The molecule has 6 N–H and O–H groups in total. The number of rotatable bonds is 12. The van der Waals surface area contributed by atoms with Gasteiger partial charge in [-0.05, 0) is 192 Å².